The number of ether oxygens (including phenoxy) is 2. The van der Waals surface area contributed by atoms with Crippen LogP contribution >= 0.6 is 0 Å². The summed E-state index contributed by atoms with van der Waals surface area (Å²) in [5.41, 5.74) is 4.41. The number of carbonyl (C=O) groups excluding carboxylic acids is 2. The molecule has 2 amide bonds. The number of amides is 2. The average Bonchev–Trinajstić information content (AvgIpc) is 3.49. The predicted molar refractivity (Wildman–Crippen MR) is 144 cm³/mol. The lowest BCUT2D eigenvalue weighted by molar-refractivity contribution is -0.149. The van der Waals surface area contributed by atoms with Gasteiger partial charge in [0.25, 0.3) is 5.91 Å². The van der Waals surface area contributed by atoms with Crippen LogP contribution in [-0.2, 0) is 10.2 Å². The lowest BCUT2D eigenvalue weighted by Gasteiger charge is -2.23. The Balaban J connectivity index is 1.49. The zero-order chi connectivity index (χ0) is 30.4. The van der Waals surface area contributed by atoms with Crippen molar-refractivity contribution in [3.8, 4) is 22.8 Å². The number of imidazole rings is 1. The number of halogens is 4. The van der Waals surface area contributed by atoms with Gasteiger partial charge in [0.1, 0.15) is 52.3 Å². The molecule has 4 aromatic rings. The van der Waals surface area contributed by atoms with Gasteiger partial charge in [0.2, 0.25) is 5.91 Å². The van der Waals surface area contributed by atoms with E-state index in [1.165, 1.54) is 29.7 Å². The number of pyridine rings is 2. The summed E-state index contributed by atoms with van der Waals surface area (Å²) < 4.78 is 69.9. The molecule has 220 valence electrons. The van der Waals surface area contributed by atoms with Gasteiger partial charge in [-0.2, -0.15) is 13.2 Å². The Labute approximate surface area is 237 Å². The standard InChI is InChI=1S/C29H27F4N5O4/c1-15(2)42-18-8-9-23-36-22(13-38(23)12-18)26(39)35-11-20(29(31,32)33)21-10-19-25(41-14-28(19,3)27(34)40)24(37-21)16-4-6-17(30)7-5-16/h4-10,12-13,15,20H,11,14H2,1-3H3,(H2,34,40)(H,35,39)/t20-,28+/m1/s1. The van der Waals surface area contributed by atoms with Gasteiger partial charge < -0.3 is 24.9 Å². The van der Waals surface area contributed by atoms with Crippen LogP contribution in [0.4, 0.5) is 17.6 Å². The van der Waals surface area contributed by atoms with Crippen molar-refractivity contribution in [1.82, 2.24) is 19.7 Å². The van der Waals surface area contributed by atoms with E-state index in [0.29, 0.717) is 11.4 Å². The van der Waals surface area contributed by atoms with Gasteiger partial charge in [-0.3, -0.25) is 9.59 Å². The number of alkyl halides is 3. The molecule has 13 heteroatoms. The van der Waals surface area contributed by atoms with Crippen molar-refractivity contribution >= 4 is 17.5 Å². The molecule has 0 saturated carbocycles. The summed E-state index contributed by atoms with van der Waals surface area (Å²) >= 11 is 0. The molecule has 2 atom stereocenters. The smallest absolute Gasteiger partial charge is 0.398 e. The first-order valence-corrected chi connectivity index (χ1v) is 13.0. The number of hydrogen-bond acceptors (Lipinski definition) is 6. The molecular weight excluding hydrogens is 558 g/mol. The fourth-order valence-electron chi connectivity index (χ4n) is 4.69. The van der Waals surface area contributed by atoms with E-state index in [1.807, 2.05) is 13.8 Å². The summed E-state index contributed by atoms with van der Waals surface area (Å²) in [5.74, 6) is -3.83. The van der Waals surface area contributed by atoms with Crippen LogP contribution in [0.1, 0.15) is 48.4 Å². The molecule has 0 unspecified atom stereocenters. The minimum absolute atomic E-state index is 0.00665. The molecule has 1 aromatic carbocycles. The normalized spacial score (nSPS) is 17.1. The maximum atomic E-state index is 14.5. The SMILES string of the molecule is CC(C)Oc1ccc2nc(C(=O)NC[C@H](c3cc4c(c(-c5ccc(F)cc5)n3)OC[C@]4(C)C(N)=O)C(F)(F)F)cn2c1. The Kier molecular flexibility index (Phi) is 7.29. The van der Waals surface area contributed by atoms with Crippen molar-refractivity contribution in [3.05, 3.63) is 77.6 Å². The van der Waals surface area contributed by atoms with E-state index in [1.54, 1.807) is 18.3 Å². The molecule has 4 heterocycles. The maximum absolute atomic E-state index is 14.5. The van der Waals surface area contributed by atoms with Crippen LogP contribution in [0.5, 0.6) is 11.5 Å². The highest BCUT2D eigenvalue weighted by Crippen LogP contribution is 2.46. The topological polar surface area (TPSA) is 121 Å². The van der Waals surface area contributed by atoms with Crippen LogP contribution in [0.3, 0.4) is 0 Å². The second kappa shape index (κ2) is 10.6. The molecule has 0 spiro atoms. The largest absolute Gasteiger partial charge is 0.489 e. The average molecular weight is 586 g/mol. The Morgan fingerprint density at radius 3 is 2.50 bits per heavy atom. The van der Waals surface area contributed by atoms with Gasteiger partial charge >= 0.3 is 6.18 Å². The van der Waals surface area contributed by atoms with Crippen molar-refractivity contribution in [3.63, 3.8) is 0 Å². The summed E-state index contributed by atoms with van der Waals surface area (Å²) in [7, 11) is 0. The molecule has 3 N–H and O–H groups in total. The molecule has 0 aliphatic carbocycles. The van der Waals surface area contributed by atoms with Gasteiger partial charge in [-0.25, -0.2) is 14.4 Å². The summed E-state index contributed by atoms with van der Waals surface area (Å²) in [5, 5.41) is 2.31. The molecule has 1 aliphatic heterocycles. The van der Waals surface area contributed by atoms with Crippen LogP contribution in [-0.4, -0.2) is 51.6 Å². The van der Waals surface area contributed by atoms with Crippen molar-refractivity contribution < 1.29 is 36.6 Å². The first-order valence-electron chi connectivity index (χ1n) is 13.0. The monoisotopic (exact) mass is 585 g/mol. The Hall–Kier alpha value is -4.68. The molecule has 0 saturated heterocycles. The van der Waals surface area contributed by atoms with Crippen molar-refractivity contribution in [2.24, 2.45) is 5.73 Å². The van der Waals surface area contributed by atoms with Crippen LogP contribution in [0.15, 0.2) is 54.9 Å². The van der Waals surface area contributed by atoms with Gasteiger partial charge in [0.15, 0.2) is 0 Å². The number of rotatable bonds is 8. The Bertz CT molecular complexity index is 1670. The molecule has 0 fully saturated rings. The first-order chi connectivity index (χ1) is 19.8. The van der Waals surface area contributed by atoms with Crippen LogP contribution < -0.4 is 20.5 Å². The van der Waals surface area contributed by atoms with E-state index < -0.39 is 47.4 Å². The second-order valence-electron chi connectivity index (χ2n) is 10.5. The molecular formula is C29H27F4N5O4. The minimum atomic E-state index is -4.85. The number of hydrogen-bond donors (Lipinski definition) is 2. The third kappa shape index (κ3) is 5.46. The van der Waals surface area contributed by atoms with E-state index in [0.717, 1.165) is 18.2 Å². The van der Waals surface area contributed by atoms with E-state index in [4.69, 9.17) is 15.2 Å². The van der Waals surface area contributed by atoms with E-state index in [9.17, 15) is 27.2 Å². The molecule has 9 nitrogen and oxygen atoms in total. The van der Waals surface area contributed by atoms with Crippen molar-refractivity contribution in [2.75, 3.05) is 13.2 Å². The van der Waals surface area contributed by atoms with Crippen molar-refractivity contribution in [2.45, 2.75) is 44.4 Å². The van der Waals surface area contributed by atoms with Gasteiger partial charge in [-0.1, -0.05) is 0 Å². The molecule has 0 radical (unpaired) electrons. The van der Waals surface area contributed by atoms with Gasteiger partial charge in [0, 0.05) is 23.9 Å². The minimum Gasteiger partial charge on any atom is -0.489 e. The summed E-state index contributed by atoms with van der Waals surface area (Å²) in [6.45, 7) is 4.09. The van der Waals surface area contributed by atoms with Crippen molar-refractivity contribution in [1.29, 1.82) is 0 Å². The predicted octanol–water partition coefficient (Wildman–Crippen LogP) is 4.53. The molecule has 5 rings (SSSR count). The number of nitrogens with one attached hydrogen (secondary N) is 1. The lowest BCUT2D eigenvalue weighted by atomic mass is 9.82. The van der Waals surface area contributed by atoms with E-state index in [-0.39, 0.29) is 41.0 Å². The molecule has 0 bridgehead atoms. The fourth-order valence-corrected chi connectivity index (χ4v) is 4.69. The lowest BCUT2D eigenvalue weighted by Crippen LogP contribution is -2.40. The van der Waals surface area contributed by atoms with Crippen LogP contribution in [0, 0.1) is 5.82 Å². The quantitative estimate of drug-likeness (QED) is 0.293. The summed E-state index contributed by atoms with van der Waals surface area (Å²) in [6, 6.07) is 9.37. The Morgan fingerprint density at radius 2 is 1.86 bits per heavy atom. The number of carbonyl (C=O) groups is 2. The zero-order valence-electron chi connectivity index (χ0n) is 22.8. The maximum Gasteiger partial charge on any atom is 0.398 e. The second-order valence-corrected chi connectivity index (χ2v) is 10.5. The highest BCUT2D eigenvalue weighted by Gasteiger charge is 2.47. The van der Waals surface area contributed by atoms with Crippen LogP contribution in [0.25, 0.3) is 16.9 Å². The van der Waals surface area contributed by atoms with Gasteiger partial charge in [-0.15, -0.1) is 0 Å². The van der Waals surface area contributed by atoms with Gasteiger partial charge in [-0.05, 0) is 63.2 Å². The highest BCUT2D eigenvalue weighted by atomic mass is 19.4. The third-order valence-electron chi connectivity index (χ3n) is 7.00. The van der Waals surface area contributed by atoms with E-state index >= 15 is 0 Å². The number of nitrogens with two attached hydrogens (primary N) is 1. The highest BCUT2D eigenvalue weighted by molar-refractivity contribution is 5.93. The summed E-state index contributed by atoms with van der Waals surface area (Å²) in [4.78, 5) is 33.7. The summed E-state index contributed by atoms with van der Waals surface area (Å²) in [6.07, 6.45) is -1.94. The third-order valence-corrected chi connectivity index (χ3v) is 7.00. The molecule has 3 aromatic heterocycles. The number of primary amides is 1. The number of nitrogens with zero attached hydrogens (tertiary/aromatic N) is 3. The molecule has 42 heavy (non-hydrogen) atoms. The first kappa shape index (κ1) is 28.8. The van der Waals surface area contributed by atoms with E-state index in [2.05, 4.69) is 15.3 Å². The number of benzene rings is 1. The van der Waals surface area contributed by atoms with Gasteiger partial charge in [0.05, 0.1) is 18.0 Å². The Morgan fingerprint density at radius 1 is 1.14 bits per heavy atom. The van der Waals surface area contributed by atoms with Crippen LogP contribution in [0.2, 0.25) is 0 Å². The number of fused-ring (bicyclic) bond motifs is 2. The fraction of sp³-hybridized carbons (Fsp3) is 0.310. The number of aromatic nitrogens is 3. The zero-order valence-corrected chi connectivity index (χ0v) is 22.8. The molecule has 1 aliphatic rings.